The molecule has 1 heterocycles. The van der Waals surface area contributed by atoms with Gasteiger partial charge in [-0.2, -0.15) is 4.57 Å². The molecule has 0 bridgehead atoms. The van der Waals surface area contributed by atoms with Crippen molar-refractivity contribution in [2.75, 3.05) is 0 Å². The molecule has 0 radical (unpaired) electrons. The Morgan fingerprint density at radius 2 is 1.70 bits per heavy atom. The van der Waals surface area contributed by atoms with E-state index in [1.54, 1.807) is 12.1 Å². The third-order valence-corrected chi connectivity index (χ3v) is 4.29. The third-order valence-electron chi connectivity index (χ3n) is 4.29. The van der Waals surface area contributed by atoms with E-state index in [-0.39, 0.29) is 16.9 Å². The monoisotopic (exact) mass is 369 g/mol. The lowest BCUT2D eigenvalue weighted by atomic mass is 10.1. The van der Waals surface area contributed by atoms with Crippen LogP contribution in [0.3, 0.4) is 0 Å². The Morgan fingerprint density at radius 3 is 2.30 bits per heavy atom. The van der Waals surface area contributed by atoms with Crippen molar-refractivity contribution in [2.45, 2.75) is 20.8 Å². The quantitative estimate of drug-likeness (QED) is 0.515. The number of carbonyl (C=O) groups is 1. The van der Waals surface area contributed by atoms with Crippen molar-refractivity contribution >= 4 is 11.6 Å². The smallest absolute Gasteiger partial charge is 0.308 e. The van der Waals surface area contributed by atoms with Crippen LogP contribution < -0.4 is 11.4 Å². The number of hydrogen-bond donors (Lipinski definition) is 0. The molecule has 0 aliphatic rings. The molecule has 3 aromatic rings. The van der Waals surface area contributed by atoms with E-state index >= 15 is 0 Å². The molecule has 138 valence electrons. The van der Waals surface area contributed by atoms with Crippen LogP contribution in [0.2, 0.25) is 0 Å². The number of non-ortho nitro benzene ring substituents is 1. The van der Waals surface area contributed by atoms with E-state index in [2.05, 4.69) is 0 Å². The van der Waals surface area contributed by atoms with Crippen LogP contribution in [0.15, 0.2) is 50.5 Å². The van der Waals surface area contributed by atoms with Gasteiger partial charge >= 0.3 is 11.4 Å². The van der Waals surface area contributed by atoms with Gasteiger partial charge in [-0.1, -0.05) is 10.8 Å². The summed E-state index contributed by atoms with van der Waals surface area (Å²) in [6.45, 7) is 5.21. The number of aryl methyl sites for hydroxylation is 3. The highest BCUT2D eigenvalue weighted by Gasteiger charge is 2.22. The Hall–Kier alpha value is -3.75. The molecular weight excluding hydrogens is 354 g/mol. The Balaban J connectivity index is 2.12. The van der Waals surface area contributed by atoms with Crippen LogP contribution >= 0.6 is 0 Å². The van der Waals surface area contributed by atoms with Crippen LogP contribution in [-0.2, 0) is 0 Å². The van der Waals surface area contributed by atoms with Crippen LogP contribution in [0.1, 0.15) is 27.0 Å². The molecule has 27 heavy (non-hydrogen) atoms. The molecule has 3 rings (SSSR count). The van der Waals surface area contributed by atoms with Gasteiger partial charge in [0, 0.05) is 17.7 Å². The highest BCUT2D eigenvalue weighted by Crippen LogP contribution is 2.18. The summed E-state index contributed by atoms with van der Waals surface area (Å²) in [5.74, 6) is -1.84. The van der Waals surface area contributed by atoms with Gasteiger partial charge in [0.1, 0.15) is 0 Å². The summed E-state index contributed by atoms with van der Waals surface area (Å²) in [6, 6.07) is 8.50. The van der Waals surface area contributed by atoms with Gasteiger partial charge < -0.3 is 4.52 Å². The first-order valence-electron chi connectivity index (χ1n) is 7.93. The van der Waals surface area contributed by atoms with Gasteiger partial charge in [-0.15, -0.1) is 0 Å². The lowest BCUT2D eigenvalue weighted by Gasteiger charge is -2.04. The molecule has 0 unspecified atom stereocenters. The Bertz CT molecular complexity index is 1200. The molecule has 0 saturated carbocycles. The number of aromatic nitrogens is 2. The lowest BCUT2D eigenvalue weighted by Crippen LogP contribution is -2.31. The number of nitrogens with zero attached hydrogens (tertiary/aromatic N) is 3. The fraction of sp³-hybridized carbons (Fsp3) is 0.167. The van der Waals surface area contributed by atoms with Crippen LogP contribution in [-0.4, -0.2) is 20.1 Å². The molecule has 0 fully saturated rings. The fourth-order valence-electron chi connectivity index (χ4n) is 2.65. The van der Waals surface area contributed by atoms with Gasteiger partial charge in [0.15, 0.2) is 0 Å². The highest BCUT2D eigenvalue weighted by atomic mass is 16.6. The van der Waals surface area contributed by atoms with Crippen LogP contribution in [0.4, 0.5) is 5.69 Å². The predicted molar refractivity (Wildman–Crippen MR) is 95.6 cm³/mol. The maximum Gasteiger partial charge on any atom is 0.447 e. The summed E-state index contributed by atoms with van der Waals surface area (Å²) in [5.41, 5.74) is 1.27. The molecule has 0 spiro atoms. The SMILES string of the molecule is Cc1ccc(C(=O)n2oc(=O)n(-c3ccc([N+](=O)[O-])cc3C)c2=O)cc1C. The standard InChI is InChI=1S/C18H15N3O6/c1-10-4-5-13(8-11(10)2)16(22)20-17(23)19(18(24)27-20)15-7-6-14(21(25)26)9-12(15)3/h4-9H,1-3H3. The molecule has 1 aromatic heterocycles. The van der Waals surface area contributed by atoms with Crippen LogP contribution in [0, 0.1) is 30.9 Å². The first-order valence-corrected chi connectivity index (χ1v) is 7.93. The van der Waals surface area contributed by atoms with E-state index < -0.39 is 22.3 Å². The second-order valence-corrected chi connectivity index (χ2v) is 6.10. The number of benzene rings is 2. The van der Waals surface area contributed by atoms with Crippen LogP contribution in [0.5, 0.6) is 0 Å². The fourth-order valence-corrected chi connectivity index (χ4v) is 2.65. The zero-order valence-electron chi connectivity index (χ0n) is 14.8. The number of nitro groups is 1. The van der Waals surface area contributed by atoms with E-state index in [0.29, 0.717) is 14.9 Å². The van der Waals surface area contributed by atoms with Crippen molar-refractivity contribution in [1.82, 2.24) is 9.31 Å². The molecule has 9 nitrogen and oxygen atoms in total. The van der Waals surface area contributed by atoms with E-state index in [1.165, 1.54) is 25.1 Å². The van der Waals surface area contributed by atoms with Crippen molar-refractivity contribution < 1.29 is 14.2 Å². The lowest BCUT2D eigenvalue weighted by molar-refractivity contribution is -0.384. The molecule has 0 aliphatic carbocycles. The molecule has 0 saturated heterocycles. The van der Waals surface area contributed by atoms with E-state index in [0.717, 1.165) is 17.2 Å². The molecule has 0 amide bonds. The Kier molecular flexibility index (Phi) is 4.36. The van der Waals surface area contributed by atoms with E-state index in [1.807, 2.05) is 13.8 Å². The topological polar surface area (TPSA) is 117 Å². The largest absolute Gasteiger partial charge is 0.447 e. The molecule has 2 aromatic carbocycles. The van der Waals surface area contributed by atoms with Crippen LogP contribution in [0.25, 0.3) is 5.69 Å². The van der Waals surface area contributed by atoms with Crippen molar-refractivity contribution in [3.8, 4) is 5.69 Å². The van der Waals surface area contributed by atoms with Gasteiger partial charge in [0.2, 0.25) is 0 Å². The second kappa shape index (κ2) is 6.52. The van der Waals surface area contributed by atoms with Gasteiger partial charge in [-0.05, 0) is 55.7 Å². The Labute approximate surface area is 152 Å². The molecule has 0 aliphatic heterocycles. The number of nitro benzene ring substituents is 1. The normalized spacial score (nSPS) is 10.8. The van der Waals surface area contributed by atoms with Crippen molar-refractivity contribution in [2.24, 2.45) is 0 Å². The van der Waals surface area contributed by atoms with Crippen molar-refractivity contribution in [3.63, 3.8) is 0 Å². The maximum atomic E-state index is 12.6. The molecule has 0 atom stereocenters. The van der Waals surface area contributed by atoms with Gasteiger partial charge in [0.25, 0.3) is 11.6 Å². The van der Waals surface area contributed by atoms with Gasteiger partial charge in [-0.25, -0.2) is 9.59 Å². The number of hydrogen-bond acceptors (Lipinski definition) is 6. The van der Waals surface area contributed by atoms with E-state index in [9.17, 15) is 24.5 Å². The third kappa shape index (κ3) is 3.10. The Morgan fingerprint density at radius 1 is 1.00 bits per heavy atom. The minimum Gasteiger partial charge on any atom is -0.308 e. The maximum absolute atomic E-state index is 12.6. The average molecular weight is 369 g/mol. The first kappa shape index (κ1) is 18.1. The average Bonchev–Trinajstić information content (AvgIpc) is 2.91. The van der Waals surface area contributed by atoms with Gasteiger partial charge in [-0.3, -0.25) is 14.9 Å². The molecule has 0 N–H and O–H groups in total. The number of rotatable bonds is 3. The number of carbonyl (C=O) groups excluding carboxylic acids is 1. The van der Waals surface area contributed by atoms with Gasteiger partial charge in [0.05, 0.1) is 10.6 Å². The highest BCUT2D eigenvalue weighted by molar-refractivity contribution is 5.95. The summed E-state index contributed by atoms with van der Waals surface area (Å²) in [6.07, 6.45) is 0. The summed E-state index contributed by atoms with van der Waals surface area (Å²) in [5, 5.41) is 10.8. The predicted octanol–water partition coefficient (Wildman–Crippen LogP) is 2.11. The first-order chi connectivity index (χ1) is 12.7. The van der Waals surface area contributed by atoms with E-state index in [4.69, 9.17) is 4.52 Å². The van der Waals surface area contributed by atoms with Crippen molar-refractivity contribution in [3.05, 3.63) is 89.8 Å². The zero-order valence-corrected chi connectivity index (χ0v) is 14.8. The minimum atomic E-state index is -1.06. The molecular formula is C18H15N3O6. The molecule has 9 heteroatoms. The summed E-state index contributed by atoms with van der Waals surface area (Å²) in [4.78, 5) is 47.6. The zero-order chi connectivity index (χ0) is 19.9. The second-order valence-electron chi connectivity index (χ2n) is 6.10. The van der Waals surface area contributed by atoms with Crippen molar-refractivity contribution in [1.29, 1.82) is 0 Å². The summed E-state index contributed by atoms with van der Waals surface area (Å²) < 4.78 is 5.89. The summed E-state index contributed by atoms with van der Waals surface area (Å²) in [7, 11) is 0. The summed E-state index contributed by atoms with van der Waals surface area (Å²) >= 11 is 0. The minimum absolute atomic E-state index is 0.103.